The van der Waals surface area contributed by atoms with Gasteiger partial charge in [-0.3, -0.25) is 9.48 Å². The van der Waals surface area contributed by atoms with Crippen LogP contribution in [0.15, 0.2) is 27.6 Å². The summed E-state index contributed by atoms with van der Waals surface area (Å²) in [5.74, 6) is 0. The van der Waals surface area contributed by atoms with Crippen LogP contribution in [0.25, 0.3) is 0 Å². The zero-order valence-corrected chi connectivity index (χ0v) is 12.3. The Labute approximate surface area is 121 Å². The van der Waals surface area contributed by atoms with E-state index in [1.165, 1.54) is 4.68 Å². The maximum Gasteiger partial charge on any atom is 0.417 e. The SMILES string of the molecule is Cc1nn(C)c(Cn2cc(C(F)(F)F)ccc2=O)c1Br. The lowest BCUT2D eigenvalue weighted by molar-refractivity contribution is -0.138. The Morgan fingerprint density at radius 2 is 2.00 bits per heavy atom. The average Bonchev–Trinajstić information content (AvgIpc) is 2.57. The molecule has 0 saturated heterocycles. The van der Waals surface area contributed by atoms with E-state index < -0.39 is 17.3 Å². The second-order valence-corrected chi connectivity index (χ2v) is 5.14. The maximum absolute atomic E-state index is 12.7. The molecule has 0 radical (unpaired) electrons. The number of hydrogen-bond donors (Lipinski definition) is 0. The van der Waals surface area contributed by atoms with Gasteiger partial charge in [0.2, 0.25) is 0 Å². The third-order valence-corrected chi connectivity index (χ3v) is 3.92. The zero-order chi connectivity index (χ0) is 15.1. The van der Waals surface area contributed by atoms with Crippen LogP contribution in [-0.4, -0.2) is 14.3 Å². The van der Waals surface area contributed by atoms with Crippen LogP contribution in [-0.2, 0) is 19.8 Å². The number of pyridine rings is 1. The molecule has 0 aromatic carbocycles. The van der Waals surface area contributed by atoms with Crippen molar-refractivity contribution in [3.8, 4) is 0 Å². The minimum Gasteiger partial charge on any atom is -0.309 e. The molecular weight excluding hydrogens is 339 g/mol. The Morgan fingerprint density at radius 1 is 1.35 bits per heavy atom. The van der Waals surface area contributed by atoms with Gasteiger partial charge in [0.15, 0.2) is 0 Å². The summed E-state index contributed by atoms with van der Waals surface area (Å²) in [6.07, 6.45) is -3.66. The molecule has 2 heterocycles. The number of alkyl halides is 3. The first-order valence-electron chi connectivity index (χ1n) is 5.66. The van der Waals surface area contributed by atoms with Gasteiger partial charge in [-0.15, -0.1) is 0 Å². The molecule has 4 nitrogen and oxygen atoms in total. The van der Waals surface area contributed by atoms with Gasteiger partial charge in [0, 0.05) is 19.3 Å². The van der Waals surface area contributed by atoms with Crippen LogP contribution in [0.3, 0.4) is 0 Å². The highest BCUT2D eigenvalue weighted by Crippen LogP contribution is 2.28. The van der Waals surface area contributed by atoms with Crippen molar-refractivity contribution in [1.82, 2.24) is 14.3 Å². The van der Waals surface area contributed by atoms with E-state index in [-0.39, 0.29) is 6.54 Å². The standard InChI is InChI=1S/C12H11BrF3N3O/c1-7-11(13)9(18(2)17-7)6-19-5-8(12(14,15)16)3-4-10(19)20/h3-5H,6H2,1-2H3. The lowest BCUT2D eigenvalue weighted by Gasteiger charge is -2.11. The molecule has 0 aliphatic carbocycles. The van der Waals surface area contributed by atoms with Crippen molar-refractivity contribution in [2.24, 2.45) is 7.05 Å². The van der Waals surface area contributed by atoms with Gasteiger partial charge in [0.1, 0.15) is 0 Å². The minimum atomic E-state index is -4.48. The van der Waals surface area contributed by atoms with Gasteiger partial charge in [-0.25, -0.2) is 0 Å². The fourth-order valence-electron chi connectivity index (χ4n) is 1.84. The van der Waals surface area contributed by atoms with E-state index in [0.29, 0.717) is 15.9 Å². The summed E-state index contributed by atoms with van der Waals surface area (Å²) in [6.45, 7) is 1.78. The number of halogens is 4. The third-order valence-electron chi connectivity index (χ3n) is 2.89. The molecule has 0 spiro atoms. The Balaban J connectivity index is 2.46. The van der Waals surface area contributed by atoms with E-state index in [1.807, 2.05) is 0 Å². The van der Waals surface area contributed by atoms with E-state index >= 15 is 0 Å². The zero-order valence-electron chi connectivity index (χ0n) is 10.7. The van der Waals surface area contributed by atoms with Crippen LogP contribution in [0.5, 0.6) is 0 Å². The van der Waals surface area contributed by atoms with E-state index in [2.05, 4.69) is 21.0 Å². The summed E-state index contributed by atoms with van der Waals surface area (Å²) in [5.41, 5.74) is -0.0117. The maximum atomic E-state index is 12.7. The Bertz CT molecular complexity index is 703. The quantitative estimate of drug-likeness (QED) is 0.836. The summed E-state index contributed by atoms with van der Waals surface area (Å²) in [5, 5.41) is 4.14. The molecule has 0 bridgehead atoms. The first-order valence-corrected chi connectivity index (χ1v) is 6.45. The number of nitrogens with zero attached hydrogens (tertiary/aromatic N) is 3. The molecule has 2 aromatic heterocycles. The van der Waals surface area contributed by atoms with Crippen LogP contribution < -0.4 is 5.56 Å². The first kappa shape index (κ1) is 14.8. The summed E-state index contributed by atoms with van der Waals surface area (Å²) in [6, 6.07) is 1.70. The molecule has 8 heteroatoms. The molecular formula is C12H11BrF3N3O. The van der Waals surface area contributed by atoms with Crippen molar-refractivity contribution in [3.63, 3.8) is 0 Å². The van der Waals surface area contributed by atoms with Crippen molar-refractivity contribution >= 4 is 15.9 Å². The fraction of sp³-hybridized carbons (Fsp3) is 0.333. The number of rotatable bonds is 2. The molecule has 0 aliphatic rings. The van der Waals surface area contributed by atoms with Crippen molar-refractivity contribution < 1.29 is 13.2 Å². The topological polar surface area (TPSA) is 39.8 Å². The second kappa shape index (κ2) is 5.08. The minimum absolute atomic E-state index is 0.0146. The fourth-order valence-corrected chi connectivity index (χ4v) is 2.30. The highest BCUT2D eigenvalue weighted by atomic mass is 79.9. The van der Waals surface area contributed by atoms with E-state index in [9.17, 15) is 18.0 Å². The largest absolute Gasteiger partial charge is 0.417 e. The predicted octanol–water partition coefficient (Wildman–Crippen LogP) is 2.72. The van der Waals surface area contributed by atoms with E-state index in [4.69, 9.17) is 0 Å². The number of aryl methyl sites for hydroxylation is 2. The smallest absolute Gasteiger partial charge is 0.309 e. The summed E-state index contributed by atoms with van der Waals surface area (Å²) in [7, 11) is 1.67. The van der Waals surface area contributed by atoms with Gasteiger partial charge in [-0.1, -0.05) is 0 Å². The molecule has 0 unspecified atom stereocenters. The Kier molecular flexibility index (Phi) is 3.77. The Morgan fingerprint density at radius 3 is 2.50 bits per heavy atom. The van der Waals surface area contributed by atoms with Crippen LogP contribution in [0.2, 0.25) is 0 Å². The van der Waals surface area contributed by atoms with E-state index in [0.717, 1.165) is 22.9 Å². The van der Waals surface area contributed by atoms with Crippen molar-refractivity contribution in [3.05, 3.63) is 50.1 Å². The van der Waals surface area contributed by atoms with Crippen LogP contribution in [0.4, 0.5) is 13.2 Å². The number of aromatic nitrogens is 3. The second-order valence-electron chi connectivity index (χ2n) is 4.35. The van der Waals surface area contributed by atoms with Crippen LogP contribution >= 0.6 is 15.9 Å². The van der Waals surface area contributed by atoms with Gasteiger partial charge in [-0.2, -0.15) is 18.3 Å². The summed E-state index contributed by atoms with van der Waals surface area (Å²) in [4.78, 5) is 11.7. The van der Waals surface area contributed by atoms with Gasteiger partial charge in [0.05, 0.1) is 28.0 Å². The lowest BCUT2D eigenvalue weighted by Crippen LogP contribution is -2.23. The first-order chi connectivity index (χ1) is 9.20. The molecule has 0 N–H and O–H groups in total. The third kappa shape index (κ3) is 2.79. The van der Waals surface area contributed by atoms with Crippen LogP contribution in [0, 0.1) is 6.92 Å². The van der Waals surface area contributed by atoms with Crippen molar-refractivity contribution in [1.29, 1.82) is 0 Å². The normalized spacial score (nSPS) is 11.9. The molecule has 2 aromatic rings. The summed E-state index contributed by atoms with van der Waals surface area (Å²) >= 11 is 3.32. The van der Waals surface area contributed by atoms with Crippen molar-refractivity contribution in [2.45, 2.75) is 19.6 Å². The summed E-state index contributed by atoms with van der Waals surface area (Å²) < 4.78 is 41.2. The van der Waals surface area contributed by atoms with Gasteiger partial charge in [0.25, 0.3) is 5.56 Å². The predicted molar refractivity (Wildman–Crippen MR) is 70.5 cm³/mol. The highest BCUT2D eigenvalue weighted by molar-refractivity contribution is 9.10. The van der Waals surface area contributed by atoms with E-state index in [1.54, 1.807) is 14.0 Å². The molecule has 0 fully saturated rings. The monoisotopic (exact) mass is 349 g/mol. The number of hydrogen-bond acceptors (Lipinski definition) is 2. The Hall–Kier alpha value is -1.57. The van der Waals surface area contributed by atoms with Gasteiger partial charge >= 0.3 is 6.18 Å². The van der Waals surface area contributed by atoms with Crippen molar-refractivity contribution in [2.75, 3.05) is 0 Å². The van der Waals surface area contributed by atoms with Crippen LogP contribution in [0.1, 0.15) is 17.0 Å². The molecule has 108 valence electrons. The van der Waals surface area contributed by atoms with Gasteiger partial charge in [-0.05, 0) is 28.9 Å². The molecule has 0 saturated carbocycles. The molecule has 0 atom stereocenters. The molecule has 0 aliphatic heterocycles. The molecule has 20 heavy (non-hydrogen) atoms. The highest BCUT2D eigenvalue weighted by Gasteiger charge is 2.31. The lowest BCUT2D eigenvalue weighted by atomic mass is 10.2. The molecule has 0 amide bonds. The van der Waals surface area contributed by atoms with Gasteiger partial charge < -0.3 is 4.57 Å². The average molecular weight is 350 g/mol. The molecule has 2 rings (SSSR count).